The summed E-state index contributed by atoms with van der Waals surface area (Å²) in [5.74, 6) is 1.42. The fourth-order valence-electron chi connectivity index (χ4n) is 3.58. The van der Waals surface area contributed by atoms with Crippen molar-refractivity contribution in [2.24, 2.45) is 17.1 Å². The fraction of sp³-hybridized carbons (Fsp3) is 0.667. The Morgan fingerprint density at radius 3 is 2.38 bits per heavy atom. The van der Waals surface area contributed by atoms with Crippen molar-refractivity contribution in [2.75, 3.05) is 13.7 Å². The molecule has 0 radical (unpaired) electrons. The number of methoxy groups -OCH3 is 1. The van der Waals surface area contributed by atoms with Crippen LogP contribution in [0.25, 0.3) is 0 Å². The summed E-state index contributed by atoms with van der Waals surface area (Å²) in [6, 6.07) is 9.11. The molecule has 21 heavy (non-hydrogen) atoms. The summed E-state index contributed by atoms with van der Waals surface area (Å²) in [6.45, 7) is 12.4. The van der Waals surface area contributed by atoms with Gasteiger partial charge in [0.2, 0.25) is 0 Å². The van der Waals surface area contributed by atoms with Crippen molar-refractivity contribution in [2.45, 2.75) is 52.7 Å². The topological polar surface area (TPSA) is 38.5 Å². The Morgan fingerprint density at radius 1 is 1.24 bits per heavy atom. The minimum Gasteiger partial charge on any atom is -0.496 e. The van der Waals surface area contributed by atoms with Gasteiger partial charge >= 0.3 is 0 Å². The first kappa shape index (κ1) is 16.3. The van der Waals surface area contributed by atoms with Gasteiger partial charge in [-0.05, 0) is 31.2 Å². The number of likely N-dealkylation sites (tertiary alicyclic amines) is 1. The molecule has 0 bridgehead atoms. The zero-order valence-corrected chi connectivity index (χ0v) is 14.3. The van der Waals surface area contributed by atoms with Gasteiger partial charge in [0.15, 0.2) is 0 Å². The molecule has 0 aromatic heterocycles. The highest BCUT2D eigenvalue weighted by molar-refractivity contribution is 5.38. The molecule has 1 saturated heterocycles. The van der Waals surface area contributed by atoms with E-state index < -0.39 is 0 Å². The second-order valence-electron chi connectivity index (χ2n) is 7.53. The molecule has 1 aromatic rings. The van der Waals surface area contributed by atoms with E-state index in [4.69, 9.17) is 10.5 Å². The molecule has 2 N–H and O–H groups in total. The number of ether oxygens (including phenoxy) is 1. The number of nitrogens with zero attached hydrogens (tertiary/aromatic N) is 1. The highest BCUT2D eigenvalue weighted by atomic mass is 16.5. The van der Waals surface area contributed by atoms with Crippen LogP contribution < -0.4 is 10.5 Å². The number of hydrogen-bond donors (Lipinski definition) is 1. The molecule has 1 heterocycles. The van der Waals surface area contributed by atoms with Gasteiger partial charge in [-0.1, -0.05) is 39.0 Å². The zero-order valence-electron chi connectivity index (χ0n) is 14.3. The summed E-state index contributed by atoms with van der Waals surface area (Å²) in [5.41, 5.74) is 8.12. The Kier molecular flexibility index (Phi) is 4.64. The Hall–Kier alpha value is -1.06. The van der Waals surface area contributed by atoms with Gasteiger partial charge in [-0.15, -0.1) is 0 Å². The average molecular weight is 290 g/mol. The third-order valence-corrected chi connectivity index (χ3v) is 4.83. The third kappa shape index (κ3) is 3.09. The Labute approximate surface area is 129 Å². The Balaban J connectivity index is 2.43. The van der Waals surface area contributed by atoms with Crippen LogP contribution in [0.4, 0.5) is 0 Å². The number of rotatable bonds is 3. The summed E-state index contributed by atoms with van der Waals surface area (Å²) in [4.78, 5) is 2.53. The lowest BCUT2D eigenvalue weighted by atomic mass is 9.76. The van der Waals surface area contributed by atoms with Crippen molar-refractivity contribution in [3.8, 4) is 5.75 Å². The van der Waals surface area contributed by atoms with Crippen molar-refractivity contribution < 1.29 is 4.74 Å². The number of benzene rings is 1. The molecule has 0 amide bonds. The fourth-order valence-corrected chi connectivity index (χ4v) is 3.58. The Bertz CT molecular complexity index is 478. The minimum atomic E-state index is 0.128. The van der Waals surface area contributed by atoms with Crippen LogP contribution in [0, 0.1) is 11.3 Å². The van der Waals surface area contributed by atoms with Crippen LogP contribution in [-0.4, -0.2) is 30.6 Å². The molecule has 1 aliphatic heterocycles. The van der Waals surface area contributed by atoms with Crippen LogP contribution in [0.1, 0.15) is 46.2 Å². The quantitative estimate of drug-likeness (QED) is 0.926. The summed E-state index contributed by atoms with van der Waals surface area (Å²) in [6.07, 6.45) is 0. The highest BCUT2D eigenvalue weighted by Crippen LogP contribution is 2.45. The largest absolute Gasteiger partial charge is 0.496 e. The van der Waals surface area contributed by atoms with E-state index in [9.17, 15) is 0 Å². The van der Waals surface area contributed by atoms with E-state index in [2.05, 4.69) is 51.7 Å². The molecule has 1 fully saturated rings. The van der Waals surface area contributed by atoms with Gasteiger partial charge in [0.25, 0.3) is 0 Å². The van der Waals surface area contributed by atoms with Gasteiger partial charge in [-0.25, -0.2) is 0 Å². The third-order valence-electron chi connectivity index (χ3n) is 4.83. The van der Waals surface area contributed by atoms with Crippen molar-refractivity contribution in [1.82, 2.24) is 4.90 Å². The summed E-state index contributed by atoms with van der Waals surface area (Å²) < 4.78 is 5.57. The monoisotopic (exact) mass is 290 g/mol. The molecule has 118 valence electrons. The first-order valence-electron chi connectivity index (χ1n) is 7.91. The molecular weight excluding hydrogens is 260 g/mol. The molecule has 3 atom stereocenters. The van der Waals surface area contributed by atoms with Crippen LogP contribution in [0.2, 0.25) is 0 Å². The molecule has 1 aliphatic rings. The second-order valence-corrected chi connectivity index (χ2v) is 7.53. The van der Waals surface area contributed by atoms with Gasteiger partial charge in [0.05, 0.1) is 13.2 Å². The minimum absolute atomic E-state index is 0.128. The molecule has 3 nitrogen and oxygen atoms in total. The van der Waals surface area contributed by atoms with Gasteiger partial charge in [-0.2, -0.15) is 0 Å². The molecule has 0 aliphatic carbocycles. The molecule has 0 spiro atoms. The summed E-state index contributed by atoms with van der Waals surface area (Å²) in [7, 11) is 1.74. The smallest absolute Gasteiger partial charge is 0.123 e. The molecule has 0 saturated carbocycles. The Morgan fingerprint density at radius 2 is 1.86 bits per heavy atom. The van der Waals surface area contributed by atoms with E-state index in [1.54, 1.807) is 7.11 Å². The van der Waals surface area contributed by atoms with E-state index in [1.807, 2.05) is 12.1 Å². The van der Waals surface area contributed by atoms with Crippen LogP contribution in [0.15, 0.2) is 24.3 Å². The lowest BCUT2D eigenvalue weighted by molar-refractivity contribution is 0.183. The maximum Gasteiger partial charge on any atom is 0.123 e. The number of para-hydroxylation sites is 1. The van der Waals surface area contributed by atoms with Crippen molar-refractivity contribution in [3.63, 3.8) is 0 Å². The summed E-state index contributed by atoms with van der Waals surface area (Å²) >= 11 is 0. The van der Waals surface area contributed by atoms with E-state index in [1.165, 1.54) is 5.56 Å². The van der Waals surface area contributed by atoms with Crippen LogP contribution >= 0.6 is 0 Å². The lowest BCUT2D eigenvalue weighted by Crippen LogP contribution is -2.39. The second kappa shape index (κ2) is 5.98. The predicted molar refractivity (Wildman–Crippen MR) is 88.5 cm³/mol. The first-order chi connectivity index (χ1) is 9.77. The highest BCUT2D eigenvalue weighted by Gasteiger charge is 2.46. The van der Waals surface area contributed by atoms with E-state index in [0.29, 0.717) is 12.0 Å². The molecule has 1 aromatic carbocycles. The maximum absolute atomic E-state index is 6.70. The molecular formula is C18H30N2O. The van der Waals surface area contributed by atoms with Crippen molar-refractivity contribution in [1.29, 1.82) is 0 Å². The van der Waals surface area contributed by atoms with Crippen molar-refractivity contribution >= 4 is 0 Å². The van der Waals surface area contributed by atoms with Crippen LogP contribution in [-0.2, 0) is 0 Å². The average Bonchev–Trinajstić information content (AvgIpc) is 2.76. The molecule has 3 unspecified atom stereocenters. The van der Waals surface area contributed by atoms with Gasteiger partial charge < -0.3 is 10.5 Å². The van der Waals surface area contributed by atoms with Crippen LogP contribution in [0.5, 0.6) is 5.75 Å². The van der Waals surface area contributed by atoms with E-state index in [0.717, 1.165) is 12.3 Å². The lowest BCUT2D eigenvalue weighted by Gasteiger charge is -2.32. The SMILES string of the molecule is COc1ccccc1C1C(N)C(C(C)(C)C)CN1C(C)C. The van der Waals surface area contributed by atoms with Gasteiger partial charge in [0, 0.05) is 24.2 Å². The van der Waals surface area contributed by atoms with Gasteiger partial charge in [0.1, 0.15) is 5.75 Å². The first-order valence-corrected chi connectivity index (χ1v) is 7.91. The number of nitrogens with two attached hydrogens (primary N) is 1. The number of hydrogen-bond acceptors (Lipinski definition) is 3. The zero-order chi connectivity index (χ0) is 15.8. The van der Waals surface area contributed by atoms with Crippen molar-refractivity contribution in [3.05, 3.63) is 29.8 Å². The van der Waals surface area contributed by atoms with E-state index in [-0.39, 0.29) is 17.5 Å². The standard InChI is InChI=1S/C18H30N2O/c1-12(2)20-11-14(18(3,4)5)16(19)17(20)13-9-7-8-10-15(13)21-6/h7-10,12,14,16-17H,11,19H2,1-6H3. The van der Waals surface area contributed by atoms with Gasteiger partial charge in [-0.3, -0.25) is 4.90 Å². The molecule has 3 heteroatoms. The van der Waals surface area contributed by atoms with E-state index >= 15 is 0 Å². The summed E-state index contributed by atoms with van der Waals surface area (Å²) in [5, 5.41) is 0. The normalized spacial score (nSPS) is 27.3. The molecule has 2 rings (SSSR count). The maximum atomic E-state index is 6.70. The van der Waals surface area contributed by atoms with Crippen LogP contribution in [0.3, 0.4) is 0 Å². The predicted octanol–water partition coefficient (Wildman–Crippen LogP) is 3.45.